The van der Waals surface area contributed by atoms with Crippen LogP contribution in [0.3, 0.4) is 0 Å². The van der Waals surface area contributed by atoms with Gasteiger partial charge in [0.2, 0.25) is 0 Å². The minimum Gasteiger partial charge on any atom is -0.255 e. The van der Waals surface area contributed by atoms with Crippen molar-refractivity contribution in [3.63, 3.8) is 0 Å². The third kappa shape index (κ3) is 3.62. The van der Waals surface area contributed by atoms with E-state index in [2.05, 4.69) is 83.8 Å². The van der Waals surface area contributed by atoms with Crippen LogP contribution in [-0.4, -0.2) is 19.9 Å². The Balaban J connectivity index is 1.41. The fourth-order valence-corrected chi connectivity index (χ4v) is 5.67. The van der Waals surface area contributed by atoms with Crippen LogP contribution in [0.5, 0.6) is 0 Å². The molecule has 0 fully saturated rings. The van der Waals surface area contributed by atoms with E-state index in [4.69, 9.17) is 15.0 Å². The molecule has 0 atom stereocenters. The van der Waals surface area contributed by atoms with Gasteiger partial charge in [-0.15, -0.1) is 0 Å². The molecule has 2 aromatic heterocycles. The lowest BCUT2D eigenvalue weighted by Gasteiger charge is -2.13. The van der Waals surface area contributed by atoms with E-state index in [0.717, 1.165) is 27.6 Å². The highest BCUT2D eigenvalue weighted by molar-refractivity contribution is 6.25. The summed E-state index contributed by atoms with van der Waals surface area (Å²) in [6.45, 7) is 0. The lowest BCUT2D eigenvalue weighted by molar-refractivity contribution is 1.08. The molecule has 6 aromatic carbocycles. The Morgan fingerprint density at radius 2 is 0.950 bits per heavy atom. The third-order valence-corrected chi connectivity index (χ3v) is 7.54. The molecule has 2 heterocycles. The number of para-hydroxylation sites is 1. The van der Waals surface area contributed by atoms with Gasteiger partial charge in [-0.25, -0.2) is 15.0 Å². The number of rotatable bonds is 3. The molecule has 186 valence electrons. The van der Waals surface area contributed by atoms with Crippen LogP contribution in [0.25, 0.3) is 77.4 Å². The fraction of sp³-hybridized carbons (Fsp3) is 0. The van der Waals surface area contributed by atoms with Gasteiger partial charge in [0, 0.05) is 28.3 Å². The van der Waals surface area contributed by atoms with Crippen LogP contribution in [0.2, 0.25) is 0 Å². The summed E-state index contributed by atoms with van der Waals surface area (Å²) in [5.74, 6) is 1.88. The summed E-state index contributed by atoms with van der Waals surface area (Å²) in [6.07, 6.45) is 1.81. The number of hydrogen-bond donors (Lipinski definition) is 0. The quantitative estimate of drug-likeness (QED) is 0.223. The van der Waals surface area contributed by atoms with Crippen LogP contribution in [-0.2, 0) is 0 Å². The second kappa shape index (κ2) is 9.07. The van der Waals surface area contributed by atoms with Crippen molar-refractivity contribution in [2.45, 2.75) is 0 Å². The summed E-state index contributed by atoms with van der Waals surface area (Å²) in [7, 11) is 0. The maximum Gasteiger partial charge on any atom is 0.166 e. The Morgan fingerprint density at radius 3 is 1.68 bits per heavy atom. The van der Waals surface area contributed by atoms with Gasteiger partial charge >= 0.3 is 0 Å². The van der Waals surface area contributed by atoms with E-state index in [-0.39, 0.29) is 0 Å². The van der Waals surface area contributed by atoms with Gasteiger partial charge in [0.15, 0.2) is 17.5 Å². The van der Waals surface area contributed by atoms with Gasteiger partial charge in [0.1, 0.15) is 0 Å². The van der Waals surface area contributed by atoms with Crippen LogP contribution in [0.1, 0.15) is 0 Å². The zero-order valence-electron chi connectivity index (χ0n) is 21.5. The Morgan fingerprint density at radius 1 is 0.375 bits per heavy atom. The summed E-state index contributed by atoms with van der Waals surface area (Å²) in [4.78, 5) is 19.6. The maximum absolute atomic E-state index is 5.04. The van der Waals surface area contributed by atoms with Crippen LogP contribution < -0.4 is 0 Å². The van der Waals surface area contributed by atoms with E-state index < -0.39 is 0 Å². The van der Waals surface area contributed by atoms with E-state index in [1.54, 1.807) is 0 Å². The van der Waals surface area contributed by atoms with Crippen LogP contribution in [0.4, 0.5) is 0 Å². The molecule has 40 heavy (non-hydrogen) atoms. The van der Waals surface area contributed by atoms with E-state index in [1.807, 2.05) is 54.7 Å². The molecule has 0 N–H and O–H groups in total. The largest absolute Gasteiger partial charge is 0.255 e. The number of hydrogen-bond acceptors (Lipinski definition) is 4. The highest BCUT2D eigenvalue weighted by Gasteiger charge is 2.16. The first kappa shape index (κ1) is 22.5. The smallest absolute Gasteiger partial charge is 0.166 e. The normalized spacial score (nSPS) is 11.5. The SMILES string of the molecule is c1ccc(-c2nc(-c3ccc4c5ccccc5c5ccccc5c4c3)nc(-c3cccc4cccnc34)n2)cc1. The van der Waals surface area contributed by atoms with Gasteiger partial charge in [-0.3, -0.25) is 4.98 Å². The van der Waals surface area contributed by atoms with Crippen molar-refractivity contribution in [3.8, 4) is 34.2 Å². The monoisotopic (exact) mass is 510 g/mol. The second-order valence-corrected chi connectivity index (χ2v) is 9.90. The molecule has 0 aliphatic heterocycles. The second-order valence-electron chi connectivity index (χ2n) is 9.90. The number of fused-ring (bicyclic) bond motifs is 7. The number of benzene rings is 6. The van der Waals surface area contributed by atoms with E-state index in [1.165, 1.54) is 32.3 Å². The maximum atomic E-state index is 5.04. The van der Waals surface area contributed by atoms with Crippen LogP contribution >= 0.6 is 0 Å². The zero-order valence-corrected chi connectivity index (χ0v) is 21.5. The molecule has 0 radical (unpaired) electrons. The molecule has 0 bridgehead atoms. The molecule has 0 saturated heterocycles. The summed E-state index contributed by atoms with van der Waals surface area (Å²) >= 11 is 0. The highest BCUT2D eigenvalue weighted by Crippen LogP contribution is 2.37. The van der Waals surface area contributed by atoms with E-state index in [0.29, 0.717) is 17.5 Å². The minimum atomic E-state index is 0.608. The predicted octanol–water partition coefficient (Wildman–Crippen LogP) is 8.88. The van der Waals surface area contributed by atoms with Crippen molar-refractivity contribution in [2.75, 3.05) is 0 Å². The van der Waals surface area contributed by atoms with Crippen LogP contribution in [0.15, 0.2) is 134 Å². The molecular formula is C36H22N4. The molecule has 8 rings (SSSR count). The van der Waals surface area contributed by atoms with Crippen molar-refractivity contribution in [1.29, 1.82) is 0 Å². The summed E-state index contributed by atoms with van der Waals surface area (Å²) in [5.41, 5.74) is 3.65. The Labute approximate surface area is 230 Å². The molecule has 0 amide bonds. The van der Waals surface area contributed by atoms with Crippen molar-refractivity contribution in [3.05, 3.63) is 134 Å². The van der Waals surface area contributed by atoms with Gasteiger partial charge in [-0.1, -0.05) is 109 Å². The average molecular weight is 511 g/mol. The first-order chi connectivity index (χ1) is 19.8. The molecule has 0 aliphatic rings. The lowest BCUT2D eigenvalue weighted by atomic mass is 9.93. The lowest BCUT2D eigenvalue weighted by Crippen LogP contribution is -2.01. The van der Waals surface area contributed by atoms with Crippen molar-refractivity contribution < 1.29 is 0 Å². The fourth-order valence-electron chi connectivity index (χ4n) is 5.67. The number of aromatic nitrogens is 4. The first-order valence-corrected chi connectivity index (χ1v) is 13.3. The van der Waals surface area contributed by atoms with Gasteiger partial charge in [0.05, 0.1) is 5.52 Å². The first-order valence-electron chi connectivity index (χ1n) is 13.3. The predicted molar refractivity (Wildman–Crippen MR) is 164 cm³/mol. The van der Waals surface area contributed by atoms with E-state index >= 15 is 0 Å². The zero-order chi connectivity index (χ0) is 26.5. The van der Waals surface area contributed by atoms with Gasteiger partial charge < -0.3 is 0 Å². The molecule has 0 spiro atoms. The van der Waals surface area contributed by atoms with Gasteiger partial charge in [0.25, 0.3) is 0 Å². The van der Waals surface area contributed by atoms with Crippen molar-refractivity contribution in [1.82, 2.24) is 19.9 Å². The molecule has 0 unspecified atom stereocenters. The molecule has 0 saturated carbocycles. The average Bonchev–Trinajstić information content (AvgIpc) is 3.04. The Kier molecular flexibility index (Phi) is 5.10. The summed E-state index contributed by atoms with van der Waals surface area (Å²) < 4.78 is 0. The van der Waals surface area contributed by atoms with Crippen molar-refractivity contribution in [2.24, 2.45) is 0 Å². The molecule has 8 aromatic rings. The topological polar surface area (TPSA) is 51.6 Å². The number of nitrogens with zero attached hydrogens (tertiary/aromatic N) is 4. The van der Waals surface area contributed by atoms with Gasteiger partial charge in [-0.2, -0.15) is 0 Å². The molecular weight excluding hydrogens is 488 g/mol. The molecule has 0 aliphatic carbocycles. The summed E-state index contributed by atoms with van der Waals surface area (Å²) in [5, 5.41) is 8.41. The van der Waals surface area contributed by atoms with Crippen LogP contribution in [0, 0.1) is 0 Å². The number of pyridine rings is 1. The molecule has 4 nitrogen and oxygen atoms in total. The Hall–Kier alpha value is -5.48. The van der Waals surface area contributed by atoms with Gasteiger partial charge in [-0.05, 0) is 50.5 Å². The van der Waals surface area contributed by atoms with Crippen molar-refractivity contribution >= 4 is 43.2 Å². The molecule has 4 heteroatoms. The Bertz CT molecular complexity index is 2180. The highest BCUT2D eigenvalue weighted by atomic mass is 15.0. The third-order valence-electron chi connectivity index (χ3n) is 7.54. The summed E-state index contributed by atoms with van der Waals surface area (Å²) in [6, 6.07) is 44.0. The standard InChI is InChI=1S/C36H22N4/c1-2-10-24(11-3-1)34-38-35(40-36(39-34)31-18-8-12-23-13-9-21-37-33(23)31)25-19-20-30-28-16-5-4-14-26(28)27-15-6-7-17-29(27)32(30)22-25/h1-22H. The van der Waals surface area contributed by atoms with E-state index in [9.17, 15) is 0 Å². The minimum absolute atomic E-state index is 0.608.